The molecule has 24 heavy (non-hydrogen) atoms. The largest absolute Gasteiger partial charge is 0.491 e. The highest BCUT2D eigenvalue weighted by atomic mass is 16.5. The molecule has 2 aromatic carbocycles. The fourth-order valence-corrected chi connectivity index (χ4v) is 2.62. The van der Waals surface area contributed by atoms with Gasteiger partial charge < -0.3 is 10.1 Å². The van der Waals surface area contributed by atoms with Crippen molar-refractivity contribution in [1.29, 1.82) is 0 Å². The number of amides is 1. The maximum atomic E-state index is 12.3. The minimum atomic E-state index is 0.00749. The molecular weight excluding hydrogens is 298 g/mol. The topological polar surface area (TPSA) is 38.3 Å². The van der Waals surface area contributed by atoms with Crippen LogP contribution in [-0.2, 0) is 6.42 Å². The summed E-state index contributed by atoms with van der Waals surface area (Å²) < 4.78 is 5.71. The molecule has 3 nitrogen and oxygen atoms in total. The third-order valence-corrected chi connectivity index (χ3v) is 3.84. The Kier molecular flexibility index (Phi) is 6.42. The lowest BCUT2D eigenvalue weighted by molar-refractivity contribution is 0.0952. The van der Waals surface area contributed by atoms with Crippen LogP contribution in [0.15, 0.2) is 42.5 Å². The Morgan fingerprint density at radius 3 is 2.67 bits per heavy atom. The van der Waals surface area contributed by atoms with E-state index in [9.17, 15) is 4.79 Å². The molecule has 0 atom stereocenters. The van der Waals surface area contributed by atoms with E-state index in [4.69, 9.17) is 4.74 Å². The molecular formula is C21H27NO2. The zero-order valence-electron chi connectivity index (χ0n) is 15.1. The predicted molar refractivity (Wildman–Crippen MR) is 98.8 cm³/mol. The van der Waals surface area contributed by atoms with Gasteiger partial charge in [-0.25, -0.2) is 0 Å². The SMILES string of the molecule is Cc1ccc(C)c(C(=O)NCCCc2cccc(OC(C)C)c2)c1. The molecule has 1 amide bonds. The quantitative estimate of drug-likeness (QED) is 0.764. The van der Waals surface area contributed by atoms with Gasteiger partial charge in [0.1, 0.15) is 5.75 Å². The lowest BCUT2D eigenvalue weighted by Gasteiger charge is -2.11. The summed E-state index contributed by atoms with van der Waals surface area (Å²) in [7, 11) is 0. The Morgan fingerprint density at radius 2 is 1.92 bits per heavy atom. The number of hydrogen-bond acceptors (Lipinski definition) is 2. The van der Waals surface area contributed by atoms with Crippen LogP contribution in [0.1, 0.15) is 47.3 Å². The molecule has 0 aliphatic heterocycles. The highest BCUT2D eigenvalue weighted by Gasteiger charge is 2.08. The lowest BCUT2D eigenvalue weighted by atomic mass is 10.0. The van der Waals surface area contributed by atoms with Crippen molar-refractivity contribution in [3.05, 3.63) is 64.7 Å². The third kappa shape index (κ3) is 5.41. The van der Waals surface area contributed by atoms with Gasteiger partial charge in [0.15, 0.2) is 0 Å². The van der Waals surface area contributed by atoms with Crippen LogP contribution in [0.3, 0.4) is 0 Å². The molecule has 0 aromatic heterocycles. The number of rotatable bonds is 7. The zero-order chi connectivity index (χ0) is 17.5. The Morgan fingerprint density at radius 1 is 1.12 bits per heavy atom. The molecule has 0 radical (unpaired) electrons. The average molecular weight is 325 g/mol. The summed E-state index contributed by atoms with van der Waals surface area (Å²) >= 11 is 0. The van der Waals surface area contributed by atoms with Gasteiger partial charge in [-0.2, -0.15) is 0 Å². The van der Waals surface area contributed by atoms with Crippen molar-refractivity contribution < 1.29 is 9.53 Å². The van der Waals surface area contributed by atoms with E-state index >= 15 is 0 Å². The number of aryl methyl sites for hydroxylation is 3. The molecule has 0 unspecified atom stereocenters. The van der Waals surface area contributed by atoms with Crippen molar-refractivity contribution in [3.63, 3.8) is 0 Å². The van der Waals surface area contributed by atoms with Crippen LogP contribution in [0.2, 0.25) is 0 Å². The number of carbonyl (C=O) groups is 1. The van der Waals surface area contributed by atoms with Gasteiger partial charge in [0.05, 0.1) is 6.10 Å². The molecule has 0 fully saturated rings. The van der Waals surface area contributed by atoms with Crippen molar-refractivity contribution >= 4 is 5.91 Å². The molecule has 0 saturated heterocycles. The average Bonchev–Trinajstić information content (AvgIpc) is 2.53. The van der Waals surface area contributed by atoms with E-state index in [2.05, 4.69) is 17.4 Å². The molecule has 0 saturated carbocycles. The zero-order valence-corrected chi connectivity index (χ0v) is 15.1. The first-order valence-corrected chi connectivity index (χ1v) is 8.57. The Balaban J connectivity index is 1.82. The maximum absolute atomic E-state index is 12.3. The second-order valence-corrected chi connectivity index (χ2v) is 6.49. The molecule has 128 valence electrons. The van der Waals surface area contributed by atoms with Crippen LogP contribution in [0.4, 0.5) is 0 Å². The van der Waals surface area contributed by atoms with Crippen molar-refractivity contribution in [2.75, 3.05) is 6.54 Å². The number of hydrogen-bond donors (Lipinski definition) is 1. The van der Waals surface area contributed by atoms with Gasteiger partial charge >= 0.3 is 0 Å². The molecule has 3 heteroatoms. The molecule has 0 aliphatic rings. The molecule has 0 spiro atoms. The highest BCUT2D eigenvalue weighted by Crippen LogP contribution is 2.16. The fourth-order valence-electron chi connectivity index (χ4n) is 2.62. The van der Waals surface area contributed by atoms with Gasteiger partial charge in [-0.15, -0.1) is 0 Å². The standard InChI is InChI=1S/C21H27NO2/c1-15(2)24-19-9-5-7-18(14-19)8-6-12-22-21(23)20-13-16(3)10-11-17(20)4/h5,7,9-11,13-15H,6,8,12H2,1-4H3,(H,22,23). The van der Waals surface area contributed by atoms with Crippen LogP contribution in [0.25, 0.3) is 0 Å². The van der Waals surface area contributed by atoms with Crippen molar-refractivity contribution in [1.82, 2.24) is 5.32 Å². The van der Waals surface area contributed by atoms with Gasteiger partial charge in [0.25, 0.3) is 5.91 Å². The summed E-state index contributed by atoms with van der Waals surface area (Å²) in [6.45, 7) is 8.68. The van der Waals surface area contributed by atoms with Gasteiger partial charge in [0, 0.05) is 12.1 Å². The minimum absolute atomic E-state index is 0.00749. The van der Waals surface area contributed by atoms with E-state index in [0.717, 1.165) is 35.3 Å². The summed E-state index contributed by atoms with van der Waals surface area (Å²) in [5, 5.41) is 3.01. The Labute approximate surface area is 145 Å². The predicted octanol–water partition coefficient (Wildman–Crippen LogP) is 4.45. The Hall–Kier alpha value is -2.29. The van der Waals surface area contributed by atoms with E-state index in [1.54, 1.807) is 0 Å². The molecule has 0 aliphatic carbocycles. The molecule has 1 N–H and O–H groups in total. The fraction of sp³-hybridized carbons (Fsp3) is 0.381. The minimum Gasteiger partial charge on any atom is -0.491 e. The van der Waals surface area contributed by atoms with Crippen LogP contribution in [0.5, 0.6) is 5.75 Å². The number of carbonyl (C=O) groups excluding carboxylic acids is 1. The molecule has 2 aromatic rings. The van der Waals surface area contributed by atoms with Crippen molar-refractivity contribution in [2.24, 2.45) is 0 Å². The second-order valence-electron chi connectivity index (χ2n) is 6.49. The summed E-state index contributed by atoms with van der Waals surface area (Å²) in [6, 6.07) is 14.1. The third-order valence-electron chi connectivity index (χ3n) is 3.84. The molecule has 0 bridgehead atoms. The number of nitrogens with one attached hydrogen (secondary N) is 1. The van der Waals surface area contributed by atoms with E-state index in [-0.39, 0.29) is 12.0 Å². The van der Waals surface area contributed by atoms with E-state index in [1.165, 1.54) is 5.56 Å². The number of benzene rings is 2. The first-order chi connectivity index (χ1) is 11.5. The smallest absolute Gasteiger partial charge is 0.251 e. The summed E-state index contributed by atoms with van der Waals surface area (Å²) in [6.07, 6.45) is 2.00. The van der Waals surface area contributed by atoms with Gasteiger partial charge in [0.2, 0.25) is 0 Å². The summed E-state index contributed by atoms with van der Waals surface area (Å²) in [4.78, 5) is 12.3. The van der Waals surface area contributed by atoms with Crippen molar-refractivity contribution in [3.8, 4) is 5.75 Å². The van der Waals surface area contributed by atoms with Crippen LogP contribution >= 0.6 is 0 Å². The van der Waals surface area contributed by atoms with Gasteiger partial charge in [-0.3, -0.25) is 4.79 Å². The van der Waals surface area contributed by atoms with E-state index < -0.39 is 0 Å². The van der Waals surface area contributed by atoms with Crippen LogP contribution in [0, 0.1) is 13.8 Å². The first-order valence-electron chi connectivity index (χ1n) is 8.57. The normalized spacial score (nSPS) is 10.7. The van der Waals surface area contributed by atoms with E-state index in [0.29, 0.717) is 6.54 Å². The lowest BCUT2D eigenvalue weighted by Crippen LogP contribution is -2.25. The second kappa shape index (κ2) is 8.53. The van der Waals surface area contributed by atoms with Gasteiger partial charge in [-0.1, -0.05) is 29.8 Å². The molecule has 2 rings (SSSR count). The van der Waals surface area contributed by atoms with E-state index in [1.807, 2.05) is 58.0 Å². The van der Waals surface area contributed by atoms with Crippen molar-refractivity contribution in [2.45, 2.75) is 46.6 Å². The first kappa shape index (κ1) is 18.1. The summed E-state index contributed by atoms with van der Waals surface area (Å²) in [5.41, 5.74) is 4.11. The van der Waals surface area contributed by atoms with Crippen LogP contribution < -0.4 is 10.1 Å². The summed E-state index contributed by atoms with van der Waals surface area (Å²) in [5.74, 6) is 0.912. The Bertz CT molecular complexity index is 692. The maximum Gasteiger partial charge on any atom is 0.251 e. The molecule has 0 heterocycles. The highest BCUT2D eigenvalue weighted by molar-refractivity contribution is 5.95. The number of ether oxygens (including phenoxy) is 1. The van der Waals surface area contributed by atoms with Gasteiger partial charge in [-0.05, 0) is 69.9 Å². The monoisotopic (exact) mass is 325 g/mol. The van der Waals surface area contributed by atoms with Crippen LogP contribution in [-0.4, -0.2) is 18.6 Å².